The van der Waals surface area contributed by atoms with E-state index in [1.807, 2.05) is 37.2 Å². The molecular weight excluding hydrogens is 258 g/mol. The Bertz CT molecular complexity index is 400. The maximum atomic E-state index is 10.4. The van der Waals surface area contributed by atoms with Gasteiger partial charge in [0.1, 0.15) is 0 Å². The Kier molecular flexibility index (Phi) is 3.91. The number of carbonyl (C=O) groups is 1. The highest BCUT2D eigenvalue weighted by atomic mass is 79.9. The Morgan fingerprint density at radius 2 is 2.13 bits per heavy atom. The summed E-state index contributed by atoms with van der Waals surface area (Å²) in [4.78, 5) is 12.4. The number of halogens is 1. The zero-order chi connectivity index (χ0) is 11.4. The molecular formula is C11H12BrNO2. The molecule has 80 valence electrons. The smallest absolute Gasteiger partial charge is 0.328 e. The minimum Gasteiger partial charge on any atom is -0.478 e. The summed E-state index contributed by atoms with van der Waals surface area (Å²) < 4.78 is 0.929. The molecule has 0 aliphatic heterocycles. The van der Waals surface area contributed by atoms with Gasteiger partial charge in [0.25, 0.3) is 0 Å². The maximum Gasteiger partial charge on any atom is 0.328 e. The van der Waals surface area contributed by atoms with Gasteiger partial charge >= 0.3 is 5.97 Å². The first kappa shape index (κ1) is 11.8. The van der Waals surface area contributed by atoms with Gasteiger partial charge in [-0.15, -0.1) is 0 Å². The number of benzene rings is 1. The van der Waals surface area contributed by atoms with E-state index in [0.29, 0.717) is 0 Å². The molecule has 0 amide bonds. The molecule has 1 N–H and O–H groups in total. The van der Waals surface area contributed by atoms with Crippen LogP contribution in [0.5, 0.6) is 0 Å². The van der Waals surface area contributed by atoms with E-state index < -0.39 is 5.97 Å². The predicted octanol–water partition coefficient (Wildman–Crippen LogP) is 2.61. The monoisotopic (exact) mass is 269 g/mol. The highest BCUT2D eigenvalue weighted by Crippen LogP contribution is 2.24. The summed E-state index contributed by atoms with van der Waals surface area (Å²) in [5.74, 6) is -0.945. The first-order valence-electron chi connectivity index (χ1n) is 4.38. The lowest BCUT2D eigenvalue weighted by Gasteiger charge is -2.15. The molecule has 0 unspecified atom stereocenters. The lowest BCUT2D eigenvalue weighted by molar-refractivity contribution is -0.131. The normalized spacial score (nSPS) is 10.6. The van der Waals surface area contributed by atoms with Crippen LogP contribution in [0.4, 0.5) is 5.69 Å². The molecule has 0 atom stereocenters. The second-order valence-corrected chi connectivity index (χ2v) is 4.18. The molecule has 15 heavy (non-hydrogen) atoms. The van der Waals surface area contributed by atoms with Gasteiger partial charge in [0.05, 0.1) is 0 Å². The second-order valence-electron chi connectivity index (χ2n) is 3.27. The van der Waals surface area contributed by atoms with E-state index in [-0.39, 0.29) is 0 Å². The molecule has 4 heteroatoms. The molecule has 0 heterocycles. The Labute approximate surface area is 97.1 Å². The van der Waals surface area contributed by atoms with Gasteiger partial charge in [0.2, 0.25) is 0 Å². The fourth-order valence-corrected chi connectivity index (χ4v) is 1.61. The van der Waals surface area contributed by atoms with Gasteiger partial charge in [0.15, 0.2) is 0 Å². The minimum atomic E-state index is -0.945. The van der Waals surface area contributed by atoms with E-state index >= 15 is 0 Å². The van der Waals surface area contributed by atoms with Crippen molar-refractivity contribution in [3.05, 3.63) is 34.3 Å². The van der Waals surface area contributed by atoms with Crippen molar-refractivity contribution in [2.45, 2.75) is 0 Å². The van der Waals surface area contributed by atoms with E-state index in [1.54, 1.807) is 6.08 Å². The SMILES string of the molecule is CN(C)c1ccc(Br)cc1/C=C/C(=O)O. The van der Waals surface area contributed by atoms with Crippen LogP contribution < -0.4 is 4.90 Å². The summed E-state index contributed by atoms with van der Waals surface area (Å²) in [6.07, 6.45) is 2.72. The summed E-state index contributed by atoms with van der Waals surface area (Å²) in [6, 6.07) is 5.74. The average molecular weight is 270 g/mol. The van der Waals surface area contributed by atoms with E-state index in [2.05, 4.69) is 15.9 Å². The molecule has 0 aromatic heterocycles. The van der Waals surface area contributed by atoms with Gasteiger partial charge in [-0.3, -0.25) is 0 Å². The molecule has 0 saturated carbocycles. The van der Waals surface area contributed by atoms with Crippen molar-refractivity contribution in [3.63, 3.8) is 0 Å². The lowest BCUT2D eigenvalue weighted by atomic mass is 10.1. The van der Waals surface area contributed by atoms with Gasteiger partial charge in [-0.2, -0.15) is 0 Å². The van der Waals surface area contributed by atoms with Crippen LogP contribution in [0, 0.1) is 0 Å². The number of anilines is 1. The fourth-order valence-electron chi connectivity index (χ4n) is 1.23. The molecule has 0 saturated heterocycles. The Morgan fingerprint density at radius 1 is 1.47 bits per heavy atom. The first-order chi connectivity index (χ1) is 7.00. The van der Waals surface area contributed by atoms with Crippen LogP contribution >= 0.6 is 15.9 Å². The molecule has 0 fully saturated rings. The summed E-state index contributed by atoms with van der Waals surface area (Å²) in [6.45, 7) is 0. The molecule has 3 nitrogen and oxygen atoms in total. The van der Waals surface area contributed by atoms with Crippen LogP contribution in [0.3, 0.4) is 0 Å². The summed E-state index contributed by atoms with van der Waals surface area (Å²) >= 11 is 3.35. The van der Waals surface area contributed by atoms with Crippen molar-refractivity contribution >= 4 is 33.7 Å². The number of carboxylic acids is 1. The van der Waals surface area contributed by atoms with Gasteiger partial charge in [-0.05, 0) is 29.8 Å². The minimum absolute atomic E-state index is 0.872. The largest absolute Gasteiger partial charge is 0.478 e. The van der Waals surface area contributed by atoms with Crippen molar-refractivity contribution in [2.75, 3.05) is 19.0 Å². The number of carboxylic acid groups (broad SMARTS) is 1. The number of nitrogens with zero attached hydrogens (tertiary/aromatic N) is 1. The van der Waals surface area contributed by atoms with Crippen LogP contribution in [0.15, 0.2) is 28.7 Å². The first-order valence-corrected chi connectivity index (χ1v) is 5.18. The predicted molar refractivity (Wildman–Crippen MR) is 65.1 cm³/mol. The quantitative estimate of drug-likeness (QED) is 0.858. The highest BCUT2D eigenvalue weighted by molar-refractivity contribution is 9.10. The number of aliphatic carboxylic acids is 1. The number of hydrogen-bond acceptors (Lipinski definition) is 2. The summed E-state index contributed by atoms with van der Waals surface area (Å²) in [5.41, 5.74) is 1.85. The molecule has 0 aliphatic rings. The Morgan fingerprint density at radius 3 is 2.67 bits per heavy atom. The van der Waals surface area contributed by atoms with Gasteiger partial charge in [-0.25, -0.2) is 4.79 Å². The standard InChI is InChI=1S/C11H12BrNO2/c1-13(2)10-5-4-9(12)7-8(10)3-6-11(14)15/h3-7H,1-2H3,(H,14,15)/b6-3+. The van der Waals surface area contributed by atoms with Crippen LogP contribution in [0.1, 0.15) is 5.56 Å². The third-order valence-corrected chi connectivity index (χ3v) is 2.37. The van der Waals surface area contributed by atoms with Gasteiger partial charge < -0.3 is 10.0 Å². The van der Waals surface area contributed by atoms with E-state index in [0.717, 1.165) is 21.8 Å². The summed E-state index contributed by atoms with van der Waals surface area (Å²) in [5, 5.41) is 8.56. The van der Waals surface area contributed by atoms with E-state index in [4.69, 9.17) is 5.11 Å². The van der Waals surface area contributed by atoms with Crippen molar-refractivity contribution in [3.8, 4) is 0 Å². The topological polar surface area (TPSA) is 40.5 Å². The molecule has 0 radical (unpaired) electrons. The maximum absolute atomic E-state index is 10.4. The molecule has 1 aromatic carbocycles. The Balaban J connectivity index is 3.13. The average Bonchev–Trinajstić information content (AvgIpc) is 2.14. The zero-order valence-electron chi connectivity index (χ0n) is 8.57. The van der Waals surface area contributed by atoms with E-state index in [9.17, 15) is 4.79 Å². The van der Waals surface area contributed by atoms with Gasteiger partial charge in [0, 0.05) is 30.3 Å². The Hall–Kier alpha value is -1.29. The highest BCUT2D eigenvalue weighted by Gasteiger charge is 2.02. The van der Waals surface area contributed by atoms with Crippen molar-refractivity contribution in [2.24, 2.45) is 0 Å². The number of rotatable bonds is 3. The van der Waals surface area contributed by atoms with Crippen molar-refractivity contribution in [1.29, 1.82) is 0 Å². The second kappa shape index (κ2) is 4.98. The lowest BCUT2D eigenvalue weighted by Crippen LogP contribution is -2.10. The van der Waals surface area contributed by atoms with Gasteiger partial charge in [-0.1, -0.05) is 15.9 Å². The molecule has 1 aromatic rings. The van der Waals surface area contributed by atoms with Crippen molar-refractivity contribution in [1.82, 2.24) is 0 Å². The fraction of sp³-hybridized carbons (Fsp3) is 0.182. The van der Waals surface area contributed by atoms with Crippen LogP contribution in [-0.2, 0) is 4.79 Å². The zero-order valence-corrected chi connectivity index (χ0v) is 10.2. The van der Waals surface area contributed by atoms with E-state index in [1.165, 1.54) is 0 Å². The van der Waals surface area contributed by atoms with Crippen LogP contribution in [-0.4, -0.2) is 25.2 Å². The van der Waals surface area contributed by atoms with Crippen LogP contribution in [0.2, 0.25) is 0 Å². The summed E-state index contributed by atoms with van der Waals surface area (Å²) in [7, 11) is 3.84. The van der Waals surface area contributed by atoms with Crippen molar-refractivity contribution < 1.29 is 9.90 Å². The molecule has 0 aliphatic carbocycles. The third kappa shape index (κ3) is 3.40. The third-order valence-electron chi connectivity index (χ3n) is 1.88. The molecule has 1 rings (SSSR count). The van der Waals surface area contributed by atoms with Crippen LogP contribution in [0.25, 0.3) is 6.08 Å². The molecule has 0 spiro atoms. The number of hydrogen-bond donors (Lipinski definition) is 1. The molecule has 0 bridgehead atoms.